The summed E-state index contributed by atoms with van der Waals surface area (Å²) >= 11 is 0. The molecule has 31 heavy (non-hydrogen) atoms. The van der Waals surface area contributed by atoms with E-state index >= 15 is 0 Å². The van der Waals surface area contributed by atoms with E-state index in [-0.39, 0.29) is 6.10 Å². The molecule has 0 spiro atoms. The molecule has 1 atom stereocenters. The zero-order valence-electron chi connectivity index (χ0n) is 19.1. The lowest BCUT2D eigenvalue weighted by atomic mass is 10.1. The van der Waals surface area contributed by atoms with E-state index in [4.69, 9.17) is 14.2 Å². The fourth-order valence-corrected chi connectivity index (χ4v) is 2.98. The van der Waals surface area contributed by atoms with Crippen LogP contribution in [0.2, 0.25) is 0 Å². The van der Waals surface area contributed by atoms with Crippen LogP contribution in [0.25, 0.3) is 0 Å². The fraction of sp³-hybridized carbons (Fsp3) is 0.458. The Morgan fingerprint density at radius 1 is 1.06 bits per heavy atom. The lowest BCUT2D eigenvalue weighted by Gasteiger charge is -2.17. The molecule has 2 aromatic carbocycles. The molecular formula is C24H35N3O4. The second-order valence-electron chi connectivity index (χ2n) is 7.25. The van der Waals surface area contributed by atoms with Crippen molar-refractivity contribution in [2.45, 2.75) is 46.4 Å². The van der Waals surface area contributed by atoms with E-state index in [1.807, 2.05) is 70.2 Å². The highest BCUT2D eigenvalue weighted by molar-refractivity contribution is 5.79. The predicted molar refractivity (Wildman–Crippen MR) is 124 cm³/mol. The van der Waals surface area contributed by atoms with E-state index < -0.39 is 6.10 Å². The molecule has 0 aliphatic rings. The standard InChI is InChI=1S/C24H35N3O4/c1-6-25-24(26-15-18-11-12-22(30-7-2)23(13-18)29-5)27-16-21(28)19-9-8-10-20(14-19)31-17(3)4/h8-14,17,21,28H,6-7,15-16H2,1-5H3,(H2,25,26,27). The Morgan fingerprint density at radius 2 is 1.87 bits per heavy atom. The summed E-state index contributed by atoms with van der Waals surface area (Å²) in [6.07, 6.45) is -0.607. The van der Waals surface area contributed by atoms with Gasteiger partial charge in [-0.2, -0.15) is 0 Å². The minimum absolute atomic E-state index is 0.0826. The highest BCUT2D eigenvalue weighted by Crippen LogP contribution is 2.28. The Balaban J connectivity index is 2.01. The zero-order chi connectivity index (χ0) is 22.6. The first kappa shape index (κ1) is 24.3. The van der Waals surface area contributed by atoms with E-state index in [9.17, 15) is 5.11 Å². The lowest BCUT2D eigenvalue weighted by Crippen LogP contribution is -2.39. The van der Waals surface area contributed by atoms with Crippen molar-refractivity contribution < 1.29 is 19.3 Å². The van der Waals surface area contributed by atoms with Crippen LogP contribution in [0, 0.1) is 0 Å². The van der Waals surface area contributed by atoms with E-state index in [1.54, 1.807) is 7.11 Å². The Kier molecular flexibility index (Phi) is 9.97. The van der Waals surface area contributed by atoms with Crippen molar-refractivity contribution in [1.82, 2.24) is 10.6 Å². The van der Waals surface area contributed by atoms with Crippen LogP contribution in [0.15, 0.2) is 47.5 Å². The van der Waals surface area contributed by atoms with Crippen LogP contribution in [0.1, 0.15) is 44.9 Å². The number of hydrogen-bond donors (Lipinski definition) is 3. The number of ether oxygens (including phenoxy) is 3. The van der Waals surface area contributed by atoms with Crippen molar-refractivity contribution in [2.24, 2.45) is 4.99 Å². The average Bonchev–Trinajstić information content (AvgIpc) is 2.76. The van der Waals surface area contributed by atoms with Gasteiger partial charge in [0.05, 0.1) is 32.5 Å². The van der Waals surface area contributed by atoms with Gasteiger partial charge in [-0.1, -0.05) is 18.2 Å². The molecule has 0 heterocycles. The highest BCUT2D eigenvalue weighted by Gasteiger charge is 2.11. The fourth-order valence-electron chi connectivity index (χ4n) is 2.98. The number of nitrogens with one attached hydrogen (secondary N) is 2. The molecule has 0 amide bonds. The van der Waals surface area contributed by atoms with Crippen LogP contribution in [0.5, 0.6) is 17.2 Å². The molecule has 170 valence electrons. The number of aliphatic hydroxyl groups excluding tert-OH is 1. The molecule has 0 aliphatic carbocycles. The number of benzene rings is 2. The van der Waals surface area contributed by atoms with Gasteiger partial charge >= 0.3 is 0 Å². The Morgan fingerprint density at radius 3 is 2.55 bits per heavy atom. The van der Waals surface area contributed by atoms with Gasteiger partial charge in [0.1, 0.15) is 5.75 Å². The summed E-state index contributed by atoms with van der Waals surface area (Å²) in [5.41, 5.74) is 1.79. The molecule has 1 unspecified atom stereocenters. The van der Waals surface area contributed by atoms with E-state index in [2.05, 4.69) is 15.6 Å². The van der Waals surface area contributed by atoms with Crippen molar-refractivity contribution in [3.8, 4) is 17.2 Å². The number of aliphatic imine (C=N–C) groups is 1. The molecule has 0 fully saturated rings. The molecule has 0 aliphatic heterocycles. The summed E-state index contributed by atoms with van der Waals surface area (Å²) in [5.74, 6) is 2.78. The molecule has 7 heteroatoms. The summed E-state index contributed by atoms with van der Waals surface area (Å²) in [5, 5.41) is 17.0. The quantitative estimate of drug-likeness (QED) is 0.373. The van der Waals surface area contributed by atoms with E-state index in [0.717, 1.165) is 22.6 Å². The Labute approximate surface area is 185 Å². The number of methoxy groups -OCH3 is 1. The summed E-state index contributed by atoms with van der Waals surface area (Å²) in [6, 6.07) is 13.3. The van der Waals surface area contributed by atoms with Gasteiger partial charge in [-0.3, -0.25) is 0 Å². The normalized spacial score (nSPS) is 12.4. The van der Waals surface area contributed by atoms with Crippen molar-refractivity contribution in [1.29, 1.82) is 0 Å². The number of guanidine groups is 1. The van der Waals surface area contributed by atoms with Crippen LogP contribution >= 0.6 is 0 Å². The Hall–Kier alpha value is -2.93. The molecule has 0 aromatic heterocycles. The minimum Gasteiger partial charge on any atom is -0.493 e. The third-order valence-corrected chi connectivity index (χ3v) is 4.37. The van der Waals surface area contributed by atoms with Crippen LogP contribution in [0.4, 0.5) is 0 Å². The van der Waals surface area contributed by atoms with Crippen LogP contribution in [-0.4, -0.2) is 44.0 Å². The molecule has 3 N–H and O–H groups in total. The molecule has 2 aromatic rings. The first-order valence-electron chi connectivity index (χ1n) is 10.7. The topological polar surface area (TPSA) is 84.3 Å². The Bertz CT molecular complexity index is 839. The molecule has 7 nitrogen and oxygen atoms in total. The maximum absolute atomic E-state index is 10.6. The van der Waals surface area contributed by atoms with Gasteiger partial charge in [0.15, 0.2) is 17.5 Å². The number of nitrogens with zero attached hydrogens (tertiary/aromatic N) is 1. The monoisotopic (exact) mass is 429 g/mol. The molecule has 0 radical (unpaired) electrons. The predicted octanol–water partition coefficient (Wildman–Crippen LogP) is 3.67. The average molecular weight is 430 g/mol. The zero-order valence-corrected chi connectivity index (χ0v) is 19.1. The molecule has 0 saturated carbocycles. The van der Waals surface area contributed by atoms with Gasteiger partial charge in [-0.15, -0.1) is 0 Å². The minimum atomic E-state index is -0.690. The molecule has 0 saturated heterocycles. The third-order valence-electron chi connectivity index (χ3n) is 4.37. The first-order chi connectivity index (χ1) is 15.0. The third kappa shape index (κ3) is 8.02. The van der Waals surface area contributed by atoms with Gasteiger partial charge in [-0.05, 0) is 63.1 Å². The summed E-state index contributed by atoms with van der Waals surface area (Å²) in [6.45, 7) is 9.97. The van der Waals surface area contributed by atoms with Crippen molar-refractivity contribution >= 4 is 5.96 Å². The largest absolute Gasteiger partial charge is 0.493 e. The van der Waals surface area contributed by atoms with Gasteiger partial charge in [0, 0.05) is 13.1 Å². The second kappa shape index (κ2) is 12.7. The maximum atomic E-state index is 10.6. The smallest absolute Gasteiger partial charge is 0.191 e. The molecule has 0 bridgehead atoms. The van der Waals surface area contributed by atoms with Crippen LogP contribution in [-0.2, 0) is 6.54 Å². The van der Waals surface area contributed by atoms with Gasteiger partial charge in [0.2, 0.25) is 0 Å². The number of rotatable bonds is 11. The highest BCUT2D eigenvalue weighted by atomic mass is 16.5. The van der Waals surface area contributed by atoms with Crippen molar-refractivity contribution in [2.75, 3.05) is 26.8 Å². The van der Waals surface area contributed by atoms with Gasteiger partial charge in [-0.25, -0.2) is 4.99 Å². The molecular weight excluding hydrogens is 394 g/mol. The van der Waals surface area contributed by atoms with E-state index in [1.165, 1.54) is 0 Å². The van der Waals surface area contributed by atoms with Crippen molar-refractivity contribution in [3.63, 3.8) is 0 Å². The number of hydrogen-bond acceptors (Lipinski definition) is 5. The summed E-state index contributed by atoms with van der Waals surface area (Å²) < 4.78 is 16.7. The lowest BCUT2D eigenvalue weighted by molar-refractivity contribution is 0.179. The van der Waals surface area contributed by atoms with Gasteiger partial charge in [0.25, 0.3) is 0 Å². The SMILES string of the molecule is CCNC(=NCc1ccc(OCC)c(OC)c1)NCC(O)c1cccc(OC(C)C)c1. The van der Waals surface area contributed by atoms with Crippen LogP contribution < -0.4 is 24.8 Å². The van der Waals surface area contributed by atoms with Crippen LogP contribution in [0.3, 0.4) is 0 Å². The first-order valence-corrected chi connectivity index (χ1v) is 10.7. The second-order valence-corrected chi connectivity index (χ2v) is 7.25. The van der Waals surface area contributed by atoms with E-state index in [0.29, 0.717) is 38.0 Å². The number of aliphatic hydroxyl groups is 1. The molecule has 2 rings (SSSR count). The summed E-state index contributed by atoms with van der Waals surface area (Å²) in [7, 11) is 1.62. The van der Waals surface area contributed by atoms with Gasteiger partial charge < -0.3 is 30.0 Å². The maximum Gasteiger partial charge on any atom is 0.191 e. The van der Waals surface area contributed by atoms with Crippen molar-refractivity contribution in [3.05, 3.63) is 53.6 Å². The summed E-state index contributed by atoms with van der Waals surface area (Å²) in [4.78, 5) is 4.62.